The number of carbonyl (C=O) groups excluding carboxylic acids is 3. The Kier molecular flexibility index (Phi) is 7.48. The lowest BCUT2D eigenvalue weighted by Crippen LogP contribution is -2.30. The molecule has 0 aliphatic carbocycles. The van der Waals surface area contributed by atoms with Crippen LogP contribution in [0.15, 0.2) is 69.8 Å². The number of nitrogens with one attached hydrogen (secondary N) is 1. The van der Waals surface area contributed by atoms with Crippen LogP contribution in [0.2, 0.25) is 0 Å². The fourth-order valence-corrected chi connectivity index (χ4v) is 3.59. The summed E-state index contributed by atoms with van der Waals surface area (Å²) in [6, 6.07) is 16.8. The molecule has 1 aromatic heterocycles. The lowest BCUT2D eigenvalue weighted by atomic mass is 10.1. The largest absolute Gasteiger partial charge is 0.444 e. The standard InChI is InChI=1S/C24H24BrN3O4/c1-4-28(5-2)23(30)16-9-8-10-17(15-16)26-22(29)18-11-6-7-12-19(18)27(3)24(31)20-13-14-21(25)32-20/h6-15H,4-5H2,1-3H3,(H,26,29). The topological polar surface area (TPSA) is 82.9 Å². The maximum atomic E-state index is 13.1. The summed E-state index contributed by atoms with van der Waals surface area (Å²) in [5, 5.41) is 2.83. The molecule has 2 aromatic carbocycles. The van der Waals surface area contributed by atoms with E-state index in [1.165, 1.54) is 4.90 Å². The molecule has 3 amide bonds. The van der Waals surface area contributed by atoms with Gasteiger partial charge in [0.2, 0.25) is 0 Å². The lowest BCUT2D eigenvalue weighted by molar-refractivity contribution is 0.0772. The molecule has 8 heteroatoms. The van der Waals surface area contributed by atoms with E-state index in [-0.39, 0.29) is 17.6 Å². The SMILES string of the molecule is CCN(CC)C(=O)c1cccc(NC(=O)c2ccccc2N(C)C(=O)c2ccc(Br)o2)c1. The molecular formula is C24H24BrN3O4. The molecule has 1 heterocycles. The quantitative estimate of drug-likeness (QED) is 0.494. The van der Waals surface area contributed by atoms with Gasteiger partial charge in [-0.15, -0.1) is 0 Å². The number of nitrogens with zero attached hydrogens (tertiary/aromatic N) is 2. The van der Waals surface area contributed by atoms with Crippen molar-refractivity contribution in [1.29, 1.82) is 0 Å². The predicted octanol–water partition coefficient (Wildman–Crippen LogP) is 5.05. The summed E-state index contributed by atoms with van der Waals surface area (Å²) in [6.45, 7) is 5.05. The Balaban J connectivity index is 1.83. The van der Waals surface area contributed by atoms with Gasteiger partial charge in [0.1, 0.15) is 0 Å². The Hall–Kier alpha value is -3.39. The zero-order valence-corrected chi connectivity index (χ0v) is 19.7. The van der Waals surface area contributed by atoms with Gasteiger partial charge in [-0.05, 0) is 72.2 Å². The van der Waals surface area contributed by atoms with Gasteiger partial charge < -0.3 is 19.5 Å². The highest BCUT2D eigenvalue weighted by molar-refractivity contribution is 9.10. The third-order valence-electron chi connectivity index (χ3n) is 5.02. The van der Waals surface area contributed by atoms with Crippen LogP contribution in [-0.4, -0.2) is 42.8 Å². The minimum absolute atomic E-state index is 0.0959. The third kappa shape index (κ3) is 5.08. The number of hydrogen-bond donors (Lipinski definition) is 1. The van der Waals surface area contributed by atoms with Gasteiger partial charge in [-0.3, -0.25) is 14.4 Å². The van der Waals surface area contributed by atoms with E-state index >= 15 is 0 Å². The van der Waals surface area contributed by atoms with Crippen molar-refractivity contribution in [3.8, 4) is 0 Å². The van der Waals surface area contributed by atoms with Gasteiger partial charge in [-0.2, -0.15) is 0 Å². The second-order valence-electron chi connectivity index (χ2n) is 7.00. The number of para-hydroxylation sites is 1. The van der Waals surface area contributed by atoms with Crippen molar-refractivity contribution in [3.63, 3.8) is 0 Å². The van der Waals surface area contributed by atoms with Gasteiger partial charge >= 0.3 is 0 Å². The highest BCUT2D eigenvalue weighted by Crippen LogP contribution is 2.24. The van der Waals surface area contributed by atoms with E-state index in [4.69, 9.17) is 4.42 Å². The number of furan rings is 1. The molecule has 0 spiro atoms. The molecule has 1 N–H and O–H groups in total. The molecule has 0 saturated carbocycles. The van der Waals surface area contributed by atoms with Gasteiger partial charge in [0.25, 0.3) is 17.7 Å². The number of rotatable bonds is 7. The third-order valence-corrected chi connectivity index (χ3v) is 5.44. The first-order valence-corrected chi connectivity index (χ1v) is 11.0. The van der Waals surface area contributed by atoms with Crippen LogP contribution >= 0.6 is 15.9 Å². The Morgan fingerprint density at radius 1 is 0.938 bits per heavy atom. The fraction of sp³-hybridized carbons (Fsp3) is 0.208. The summed E-state index contributed by atoms with van der Waals surface area (Å²) in [6.07, 6.45) is 0. The number of anilines is 2. The Bertz CT molecular complexity index is 1140. The second-order valence-corrected chi connectivity index (χ2v) is 7.78. The van der Waals surface area contributed by atoms with Crippen LogP contribution in [0.3, 0.4) is 0 Å². The van der Waals surface area contributed by atoms with E-state index in [1.54, 1.807) is 72.6 Å². The molecule has 3 rings (SSSR count). The van der Waals surface area contributed by atoms with E-state index in [0.29, 0.717) is 40.3 Å². The first-order chi connectivity index (χ1) is 15.3. The summed E-state index contributed by atoms with van der Waals surface area (Å²) in [5.41, 5.74) is 1.73. The van der Waals surface area contributed by atoms with Crippen LogP contribution < -0.4 is 10.2 Å². The van der Waals surface area contributed by atoms with Crippen LogP contribution in [-0.2, 0) is 0 Å². The smallest absolute Gasteiger partial charge is 0.293 e. The predicted molar refractivity (Wildman–Crippen MR) is 127 cm³/mol. The van der Waals surface area contributed by atoms with E-state index < -0.39 is 5.91 Å². The van der Waals surface area contributed by atoms with Crippen LogP contribution in [0.4, 0.5) is 11.4 Å². The van der Waals surface area contributed by atoms with Gasteiger partial charge in [-0.1, -0.05) is 18.2 Å². The Morgan fingerprint density at radius 2 is 1.66 bits per heavy atom. The van der Waals surface area contributed by atoms with Crippen molar-refractivity contribution in [1.82, 2.24) is 4.90 Å². The summed E-state index contributed by atoms with van der Waals surface area (Å²) in [7, 11) is 1.58. The van der Waals surface area contributed by atoms with Crippen molar-refractivity contribution in [2.24, 2.45) is 0 Å². The molecule has 0 aliphatic heterocycles. The minimum Gasteiger partial charge on any atom is -0.444 e. The van der Waals surface area contributed by atoms with Crippen LogP contribution in [0, 0.1) is 0 Å². The first kappa shape index (κ1) is 23.3. The minimum atomic E-state index is -0.395. The Labute approximate surface area is 195 Å². The fourth-order valence-electron chi connectivity index (χ4n) is 3.28. The molecule has 0 fully saturated rings. The van der Waals surface area contributed by atoms with Crippen molar-refractivity contribution in [3.05, 3.63) is 82.2 Å². The maximum absolute atomic E-state index is 13.1. The molecule has 0 saturated heterocycles. The number of carbonyl (C=O) groups is 3. The molecule has 0 atom stereocenters. The normalized spacial score (nSPS) is 10.5. The summed E-state index contributed by atoms with van der Waals surface area (Å²) in [4.78, 5) is 41.5. The molecule has 0 unspecified atom stereocenters. The molecule has 166 valence electrons. The van der Waals surface area contributed by atoms with Crippen molar-refractivity contribution >= 4 is 45.0 Å². The summed E-state index contributed by atoms with van der Waals surface area (Å²) in [5.74, 6) is -0.727. The van der Waals surface area contributed by atoms with Gasteiger partial charge in [0.15, 0.2) is 10.4 Å². The van der Waals surface area contributed by atoms with E-state index in [9.17, 15) is 14.4 Å². The molecule has 0 aliphatic rings. The number of amides is 3. The molecule has 7 nitrogen and oxygen atoms in total. The maximum Gasteiger partial charge on any atom is 0.293 e. The van der Waals surface area contributed by atoms with Gasteiger partial charge in [0, 0.05) is 31.4 Å². The molecule has 3 aromatic rings. The highest BCUT2D eigenvalue weighted by atomic mass is 79.9. The average molecular weight is 498 g/mol. The van der Waals surface area contributed by atoms with Crippen molar-refractivity contribution in [2.75, 3.05) is 30.4 Å². The first-order valence-electron chi connectivity index (χ1n) is 10.2. The lowest BCUT2D eigenvalue weighted by Gasteiger charge is -2.20. The van der Waals surface area contributed by atoms with Crippen LogP contribution in [0.5, 0.6) is 0 Å². The van der Waals surface area contributed by atoms with Crippen molar-refractivity contribution in [2.45, 2.75) is 13.8 Å². The zero-order valence-electron chi connectivity index (χ0n) is 18.1. The average Bonchev–Trinajstić information content (AvgIpc) is 3.25. The van der Waals surface area contributed by atoms with E-state index in [1.807, 2.05) is 13.8 Å². The molecule has 32 heavy (non-hydrogen) atoms. The monoisotopic (exact) mass is 497 g/mol. The van der Waals surface area contributed by atoms with Crippen molar-refractivity contribution < 1.29 is 18.8 Å². The summed E-state index contributed by atoms with van der Waals surface area (Å²) >= 11 is 3.19. The van der Waals surface area contributed by atoms with Crippen LogP contribution in [0.1, 0.15) is 45.1 Å². The zero-order chi connectivity index (χ0) is 23.3. The number of benzene rings is 2. The highest BCUT2D eigenvalue weighted by Gasteiger charge is 2.22. The van der Waals surface area contributed by atoms with Gasteiger partial charge in [-0.25, -0.2) is 0 Å². The van der Waals surface area contributed by atoms with Gasteiger partial charge in [0.05, 0.1) is 11.3 Å². The van der Waals surface area contributed by atoms with E-state index in [0.717, 1.165) is 0 Å². The second kappa shape index (κ2) is 10.3. The number of hydrogen-bond acceptors (Lipinski definition) is 4. The summed E-state index contributed by atoms with van der Waals surface area (Å²) < 4.78 is 5.79. The molecule has 0 radical (unpaired) electrons. The molecule has 0 bridgehead atoms. The Morgan fingerprint density at radius 3 is 2.31 bits per heavy atom. The molecular weight excluding hydrogens is 474 g/mol. The van der Waals surface area contributed by atoms with E-state index in [2.05, 4.69) is 21.2 Å². The number of halogens is 1. The van der Waals surface area contributed by atoms with Crippen LogP contribution in [0.25, 0.3) is 0 Å².